The Kier molecular flexibility index (Phi) is 4.88. The number of sulfone groups is 1. The van der Waals surface area contributed by atoms with Crippen LogP contribution in [0.25, 0.3) is 0 Å². The minimum absolute atomic E-state index is 0.173. The number of rotatable bonds is 7. The Bertz CT molecular complexity index is 413. The summed E-state index contributed by atoms with van der Waals surface area (Å²) in [6.07, 6.45) is 0.618. The Labute approximate surface area is 95.3 Å². The summed E-state index contributed by atoms with van der Waals surface area (Å²) in [5.74, 6) is 1.55. The van der Waals surface area contributed by atoms with E-state index in [1.165, 1.54) is 0 Å². The highest BCUT2D eigenvalue weighted by atomic mass is 32.2. The van der Waals surface area contributed by atoms with Crippen LogP contribution in [0.5, 0.6) is 0 Å². The molecule has 0 aromatic carbocycles. The number of aryl methyl sites for hydroxylation is 1. The number of nitrogens with zero attached hydrogens (tertiary/aromatic N) is 2. The van der Waals surface area contributed by atoms with Crippen molar-refractivity contribution >= 4 is 9.84 Å². The summed E-state index contributed by atoms with van der Waals surface area (Å²) in [6, 6.07) is 0. The van der Waals surface area contributed by atoms with Gasteiger partial charge in [-0.3, -0.25) is 0 Å². The predicted molar refractivity (Wildman–Crippen MR) is 59.9 cm³/mol. The van der Waals surface area contributed by atoms with Crippen molar-refractivity contribution in [2.24, 2.45) is 0 Å². The van der Waals surface area contributed by atoms with Crippen LogP contribution in [0.15, 0.2) is 4.52 Å². The lowest BCUT2D eigenvalue weighted by atomic mass is 10.4. The number of hydrogen-bond donors (Lipinski definition) is 1. The van der Waals surface area contributed by atoms with Gasteiger partial charge in [-0.1, -0.05) is 12.1 Å². The smallest absolute Gasteiger partial charge is 0.227 e. The molecule has 1 N–H and O–H groups in total. The van der Waals surface area contributed by atoms with E-state index in [1.807, 2.05) is 0 Å². The zero-order valence-corrected chi connectivity index (χ0v) is 10.4. The van der Waals surface area contributed by atoms with Crippen molar-refractivity contribution in [3.05, 3.63) is 11.7 Å². The highest BCUT2D eigenvalue weighted by Crippen LogP contribution is 1.95. The third kappa shape index (κ3) is 4.71. The Morgan fingerprint density at radius 3 is 2.69 bits per heavy atom. The lowest BCUT2D eigenvalue weighted by molar-refractivity contribution is 0.373. The molecule has 0 unspecified atom stereocenters. The fraction of sp³-hybridized carbons (Fsp3) is 0.778. The lowest BCUT2D eigenvalue weighted by Gasteiger charge is -2.02. The first-order valence-electron chi connectivity index (χ1n) is 5.24. The quantitative estimate of drug-likeness (QED) is 0.680. The van der Waals surface area contributed by atoms with E-state index >= 15 is 0 Å². The average molecular weight is 247 g/mol. The van der Waals surface area contributed by atoms with Gasteiger partial charge in [0.15, 0.2) is 15.7 Å². The van der Waals surface area contributed by atoms with Crippen LogP contribution in [0.1, 0.15) is 18.6 Å². The van der Waals surface area contributed by atoms with E-state index in [-0.39, 0.29) is 11.5 Å². The number of nitrogens with one attached hydrogen (secondary N) is 1. The first-order valence-corrected chi connectivity index (χ1v) is 7.06. The molecule has 0 saturated heterocycles. The van der Waals surface area contributed by atoms with E-state index in [9.17, 15) is 8.42 Å². The molecule has 1 rings (SSSR count). The predicted octanol–water partition coefficient (Wildman–Crippen LogP) is -0.0552. The molecule has 0 amide bonds. The maximum Gasteiger partial charge on any atom is 0.227 e. The second-order valence-corrected chi connectivity index (χ2v) is 5.94. The van der Waals surface area contributed by atoms with Gasteiger partial charge in [0.05, 0.1) is 5.75 Å². The molecule has 1 heterocycles. The maximum atomic E-state index is 11.2. The number of hydrogen-bond acceptors (Lipinski definition) is 6. The molecule has 16 heavy (non-hydrogen) atoms. The van der Waals surface area contributed by atoms with Crippen LogP contribution in [-0.2, 0) is 16.3 Å². The van der Waals surface area contributed by atoms with E-state index in [4.69, 9.17) is 4.52 Å². The molecular weight excluding hydrogens is 230 g/mol. The third-order valence-corrected chi connectivity index (χ3v) is 3.82. The molecule has 7 heteroatoms. The molecule has 0 spiro atoms. The van der Waals surface area contributed by atoms with Crippen molar-refractivity contribution in [3.8, 4) is 0 Å². The summed E-state index contributed by atoms with van der Waals surface area (Å²) in [5, 5.41) is 6.68. The van der Waals surface area contributed by atoms with Crippen molar-refractivity contribution in [1.82, 2.24) is 15.5 Å². The molecule has 0 radical (unpaired) electrons. The summed E-state index contributed by atoms with van der Waals surface area (Å²) < 4.78 is 27.2. The molecular formula is C9H17N3O3S. The van der Waals surface area contributed by atoms with Crippen molar-refractivity contribution in [1.29, 1.82) is 0 Å². The second-order valence-electron chi connectivity index (χ2n) is 3.47. The summed E-state index contributed by atoms with van der Waals surface area (Å²) in [4.78, 5) is 4.04. The van der Waals surface area contributed by atoms with Gasteiger partial charge in [-0.2, -0.15) is 4.98 Å². The second kappa shape index (κ2) is 5.95. The largest absolute Gasteiger partial charge is 0.339 e. The molecule has 0 bridgehead atoms. The van der Waals surface area contributed by atoms with Gasteiger partial charge in [0.25, 0.3) is 0 Å². The molecule has 92 valence electrons. The van der Waals surface area contributed by atoms with Gasteiger partial charge >= 0.3 is 0 Å². The van der Waals surface area contributed by atoms with Crippen LogP contribution in [0.2, 0.25) is 0 Å². The molecule has 1 aromatic rings. The van der Waals surface area contributed by atoms with E-state index in [0.29, 0.717) is 31.2 Å². The first-order chi connectivity index (χ1) is 7.53. The van der Waals surface area contributed by atoms with Crippen molar-refractivity contribution in [2.75, 3.05) is 24.6 Å². The zero-order chi connectivity index (χ0) is 12.0. The minimum atomic E-state index is -2.87. The zero-order valence-electron chi connectivity index (χ0n) is 9.56. The Hall–Kier alpha value is -0.950. The van der Waals surface area contributed by atoms with E-state index in [2.05, 4.69) is 15.5 Å². The van der Waals surface area contributed by atoms with Gasteiger partial charge in [-0.05, 0) is 6.92 Å². The minimum Gasteiger partial charge on any atom is -0.339 e. The molecule has 0 fully saturated rings. The van der Waals surface area contributed by atoms with Crippen LogP contribution in [0.4, 0.5) is 0 Å². The summed E-state index contributed by atoms with van der Waals surface area (Å²) in [6.45, 7) is 4.51. The molecule has 6 nitrogen and oxygen atoms in total. The number of aromatic nitrogens is 2. The fourth-order valence-electron chi connectivity index (χ4n) is 1.13. The van der Waals surface area contributed by atoms with Crippen LogP contribution in [-0.4, -0.2) is 43.2 Å². The van der Waals surface area contributed by atoms with Gasteiger partial charge in [-0.25, -0.2) is 8.42 Å². The van der Waals surface area contributed by atoms with E-state index in [1.54, 1.807) is 13.8 Å². The molecule has 0 saturated carbocycles. The van der Waals surface area contributed by atoms with Crippen LogP contribution in [0.3, 0.4) is 0 Å². The highest BCUT2D eigenvalue weighted by molar-refractivity contribution is 7.91. The Morgan fingerprint density at radius 1 is 1.38 bits per heavy atom. The van der Waals surface area contributed by atoms with Crippen molar-refractivity contribution < 1.29 is 12.9 Å². The summed E-state index contributed by atoms with van der Waals surface area (Å²) in [7, 11) is -2.87. The van der Waals surface area contributed by atoms with Crippen molar-refractivity contribution in [2.45, 2.75) is 20.3 Å². The van der Waals surface area contributed by atoms with Gasteiger partial charge in [0.2, 0.25) is 5.89 Å². The molecule has 0 atom stereocenters. The highest BCUT2D eigenvalue weighted by Gasteiger charge is 2.06. The van der Waals surface area contributed by atoms with Crippen LogP contribution < -0.4 is 5.32 Å². The van der Waals surface area contributed by atoms with E-state index < -0.39 is 9.84 Å². The van der Waals surface area contributed by atoms with Crippen LogP contribution in [0, 0.1) is 6.92 Å². The Morgan fingerprint density at radius 2 is 2.12 bits per heavy atom. The van der Waals surface area contributed by atoms with Gasteiger partial charge in [0.1, 0.15) is 0 Å². The topological polar surface area (TPSA) is 85.1 Å². The first kappa shape index (κ1) is 13.1. The third-order valence-electron chi connectivity index (χ3n) is 2.11. The molecule has 1 aromatic heterocycles. The fourth-order valence-corrected chi connectivity index (χ4v) is 1.88. The maximum absolute atomic E-state index is 11.2. The normalized spacial score (nSPS) is 11.9. The van der Waals surface area contributed by atoms with E-state index in [0.717, 1.165) is 0 Å². The molecule has 0 aliphatic rings. The molecule has 0 aliphatic heterocycles. The van der Waals surface area contributed by atoms with Crippen molar-refractivity contribution in [3.63, 3.8) is 0 Å². The summed E-state index contributed by atoms with van der Waals surface area (Å²) in [5.41, 5.74) is 0. The van der Waals surface area contributed by atoms with Crippen LogP contribution >= 0.6 is 0 Å². The monoisotopic (exact) mass is 247 g/mol. The van der Waals surface area contributed by atoms with Gasteiger partial charge < -0.3 is 9.84 Å². The molecule has 0 aliphatic carbocycles. The SMILES string of the molecule is CCS(=O)(=O)CCNCCc1nc(C)no1. The standard InChI is InChI=1S/C9H17N3O3S/c1-3-16(13,14)7-6-10-5-4-9-11-8(2)12-15-9/h10H,3-7H2,1-2H3. The lowest BCUT2D eigenvalue weighted by Crippen LogP contribution is -2.25. The summed E-state index contributed by atoms with van der Waals surface area (Å²) >= 11 is 0. The average Bonchev–Trinajstić information content (AvgIpc) is 2.64. The van der Waals surface area contributed by atoms with Gasteiger partial charge in [-0.15, -0.1) is 0 Å². The van der Waals surface area contributed by atoms with Gasteiger partial charge in [0, 0.05) is 25.3 Å². The Balaban J connectivity index is 2.13.